The number of aliphatic imine (C=N–C) groups is 1. The van der Waals surface area contributed by atoms with Crippen LogP contribution in [-0.2, 0) is 0 Å². The fourth-order valence-corrected chi connectivity index (χ4v) is 1.15. The molecule has 3 N–H and O–H groups in total. The summed E-state index contributed by atoms with van der Waals surface area (Å²) in [5.41, 5.74) is 2.66. The van der Waals surface area contributed by atoms with Crippen molar-refractivity contribution < 1.29 is 15.2 Å². The van der Waals surface area contributed by atoms with Crippen molar-refractivity contribution in [2.24, 2.45) is 10.1 Å². The molecule has 0 aromatic heterocycles. The molecule has 0 unspecified atom stereocenters. The second kappa shape index (κ2) is 6.49. The minimum absolute atomic E-state index is 0.0802. The molecule has 1 rings (SSSR count). The quantitative estimate of drug-likeness (QED) is 0.323. The standard InChI is InChI=1S/C11H15N3O3/c1-3-17-10-6-4-9(5-7-10)12-11(14-16)8(2)13-15/h4-7,15-16H,3H2,1-2H3,(H,12,14)/b13-8+. The van der Waals surface area contributed by atoms with Gasteiger partial charge in [-0.3, -0.25) is 10.7 Å². The average Bonchev–Trinajstić information content (AvgIpc) is 2.37. The number of nitrogens with zero attached hydrogens (tertiary/aromatic N) is 2. The summed E-state index contributed by atoms with van der Waals surface area (Å²) in [6.45, 7) is 4.01. The van der Waals surface area contributed by atoms with E-state index >= 15 is 0 Å². The van der Waals surface area contributed by atoms with Crippen molar-refractivity contribution in [1.82, 2.24) is 5.48 Å². The van der Waals surface area contributed by atoms with Gasteiger partial charge >= 0.3 is 0 Å². The SMILES string of the molecule is CCOc1ccc(N=C(NO)/C(C)=N/O)cc1. The zero-order valence-corrected chi connectivity index (χ0v) is 9.71. The molecule has 0 bridgehead atoms. The van der Waals surface area contributed by atoms with E-state index in [4.69, 9.17) is 15.2 Å². The summed E-state index contributed by atoms with van der Waals surface area (Å²) >= 11 is 0. The molecule has 0 aliphatic carbocycles. The normalized spacial score (nSPS) is 12.4. The van der Waals surface area contributed by atoms with Crippen molar-refractivity contribution in [2.45, 2.75) is 13.8 Å². The Morgan fingerprint density at radius 3 is 2.47 bits per heavy atom. The van der Waals surface area contributed by atoms with Crippen LogP contribution < -0.4 is 10.2 Å². The highest BCUT2D eigenvalue weighted by Crippen LogP contribution is 2.18. The van der Waals surface area contributed by atoms with Crippen molar-refractivity contribution in [1.29, 1.82) is 0 Å². The summed E-state index contributed by atoms with van der Waals surface area (Å²) in [5, 5.41) is 20.3. The molecule has 0 saturated carbocycles. The van der Waals surface area contributed by atoms with Crippen molar-refractivity contribution in [3.8, 4) is 5.75 Å². The van der Waals surface area contributed by atoms with Crippen LogP contribution in [0.15, 0.2) is 34.4 Å². The number of hydrogen-bond acceptors (Lipinski definition) is 5. The molecule has 0 fully saturated rings. The summed E-state index contributed by atoms with van der Waals surface area (Å²) in [6, 6.07) is 6.99. The predicted molar refractivity (Wildman–Crippen MR) is 64.5 cm³/mol. The van der Waals surface area contributed by atoms with Crippen LogP contribution in [0.2, 0.25) is 0 Å². The minimum atomic E-state index is 0.0802. The molecule has 0 atom stereocenters. The summed E-state index contributed by atoms with van der Waals surface area (Å²) in [6.07, 6.45) is 0. The van der Waals surface area contributed by atoms with Crippen molar-refractivity contribution in [2.75, 3.05) is 6.61 Å². The smallest absolute Gasteiger partial charge is 0.175 e. The molecule has 0 radical (unpaired) electrons. The van der Waals surface area contributed by atoms with Gasteiger partial charge in [0.2, 0.25) is 0 Å². The van der Waals surface area contributed by atoms with Crippen LogP contribution in [0, 0.1) is 0 Å². The summed E-state index contributed by atoms with van der Waals surface area (Å²) in [4.78, 5) is 4.06. The lowest BCUT2D eigenvalue weighted by molar-refractivity contribution is 0.236. The van der Waals surface area contributed by atoms with Crippen molar-refractivity contribution in [3.05, 3.63) is 24.3 Å². The maximum atomic E-state index is 8.83. The Balaban J connectivity index is 2.89. The van der Waals surface area contributed by atoms with Crippen LogP contribution in [0.5, 0.6) is 5.75 Å². The van der Waals surface area contributed by atoms with Crippen LogP contribution in [0.25, 0.3) is 0 Å². The number of hydrogen-bond donors (Lipinski definition) is 3. The van der Waals surface area contributed by atoms with E-state index in [0.29, 0.717) is 12.3 Å². The fraction of sp³-hybridized carbons (Fsp3) is 0.273. The van der Waals surface area contributed by atoms with Gasteiger partial charge in [0, 0.05) is 0 Å². The molecule has 6 nitrogen and oxygen atoms in total. The predicted octanol–water partition coefficient (Wildman–Crippen LogP) is 1.94. The van der Waals surface area contributed by atoms with Crippen LogP contribution >= 0.6 is 0 Å². The van der Waals surface area contributed by atoms with E-state index in [1.54, 1.807) is 24.3 Å². The molecular formula is C11H15N3O3. The Labute approximate surface area is 99.2 Å². The van der Waals surface area contributed by atoms with Gasteiger partial charge in [0.05, 0.1) is 12.3 Å². The molecule has 92 valence electrons. The first-order valence-corrected chi connectivity index (χ1v) is 5.12. The molecule has 0 aliphatic rings. The zero-order chi connectivity index (χ0) is 12.7. The monoisotopic (exact) mass is 237 g/mol. The summed E-state index contributed by atoms with van der Waals surface area (Å²) in [7, 11) is 0. The number of ether oxygens (including phenoxy) is 1. The number of benzene rings is 1. The number of nitrogens with one attached hydrogen (secondary N) is 1. The second-order valence-electron chi connectivity index (χ2n) is 3.18. The molecular weight excluding hydrogens is 222 g/mol. The van der Waals surface area contributed by atoms with E-state index in [1.165, 1.54) is 6.92 Å². The molecule has 6 heteroatoms. The van der Waals surface area contributed by atoms with Gasteiger partial charge in [0.25, 0.3) is 0 Å². The third-order valence-electron chi connectivity index (χ3n) is 1.99. The lowest BCUT2D eigenvalue weighted by Gasteiger charge is -2.04. The minimum Gasteiger partial charge on any atom is -0.494 e. The first-order valence-electron chi connectivity index (χ1n) is 5.12. The van der Waals surface area contributed by atoms with Gasteiger partial charge in [-0.25, -0.2) is 4.99 Å². The third kappa shape index (κ3) is 3.76. The van der Waals surface area contributed by atoms with Gasteiger partial charge in [0.15, 0.2) is 5.84 Å². The first kappa shape index (κ1) is 13.0. The Hall–Kier alpha value is -2.08. The maximum Gasteiger partial charge on any atom is 0.175 e. The Morgan fingerprint density at radius 2 is 2.00 bits per heavy atom. The van der Waals surface area contributed by atoms with Crippen LogP contribution in [0.1, 0.15) is 13.8 Å². The third-order valence-corrected chi connectivity index (χ3v) is 1.99. The van der Waals surface area contributed by atoms with Crippen molar-refractivity contribution >= 4 is 17.2 Å². The van der Waals surface area contributed by atoms with E-state index in [0.717, 1.165) is 5.75 Å². The second-order valence-corrected chi connectivity index (χ2v) is 3.18. The van der Waals surface area contributed by atoms with Crippen molar-refractivity contribution in [3.63, 3.8) is 0 Å². The van der Waals surface area contributed by atoms with Crippen LogP contribution in [0.3, 0.4) is 0 Å². The maximum absolute atomic E-state index is 8.83. The van der Waals surface area contributed by atoms with E-state index < -0.39 is 0 Å². The largest absolute Gasteiger partial charge is 0.494 e. The highest BCUT2D eigenvalue weighted by Gasteiger charge is 2.03. The lowest BCUT2D eigenvalue weighted by Crippen LogP contribution is -2.26. The van der Waals surface area contributed by atoms with Gasteiger partial charge in [-0.05, 0) is 38.1 Å². The Kier molecular flexibility index (Phi) is 4.96. The number of amidine groups is 1. The molecule has 1 aromatic carbocycles. The Morgan fingerprint density at radius 1 is 1.35 bits per heavy atom. The van der Waals surface area contributed by atoms with Gasteiger partial charge in [-0.15, -0.1) is 0 Å². The van der Waals surface area contributed by atoms with Gasteiger partial charge in [-0.2, -0.15) is 0 Å². The summed E-state index contributed by atoms with van der Waals surface area (Å²) < 4.78 is 5.28. The molecule has 0 heterocycles. The highest BCUT2D eigenvalue weighted by molar-refractivity contribution is 6.40. The molecule has 0 amide bonds. The number of hydroxylamine groups is 1. The molecule has 0 spiro atoms. The highest BCUT2D eigenvalue weighted by atomic mass is 16.5. The lowest BCUT2D eigenvalue weighted by atomic mass is 10.3. The average molecular weight is 237 g/mol. The Bertz CT molecular complexity index is 412. The van der Waals surface area contributed by atoms with E-state index in [2.05, 4.69) is 10.1 Å². The molecule has 17 heavy (non-hydrogen) atoms. The topological polar surface area (TPSA) is 86.4 Å². The van der Waals surface area contributed by atoms with E-state index in [9.17, 15) is 0 Å². The van der Waals surface area contributed by atoms with Gasteiger partial charge in [-0.1, -0.05) is 5.16 Å². The number of oxime groups is 1. The fourth-order valence-electron chi connectivity index (χ4n) is 1.15. The van der Waals surface area contributed by atoms with Gasteiger partial charge in [0.1, 0.15) is 11.5 Å². The van der Waals surface area contributed by atoms with Crippen LogP contribution in [0.4, 0.5) is 5.69 Å². The number of rotatable bonds is 4. The summed E-state index contributed by atoms with van der Waals surface area (Å²) in [5.74, 6) is 0.828. The molecule has 0 aliphatic heterocycles. The molecule has 1 aromatic rings. The first-order chi connectivity index (χ1) is 8.21. The van der Waals surface area contributed by atoms with E-state index in [1.807, 2.05) is 12.4 Å². The van der Waals surface area contributed by atoms with Crippen LogP contribution in [-0.4, -0.2) is 28.6 Å². The molecule has 0 saturated heterocycles. The zero-order valence-electron chi connectivity index (χ0n) is 9.71. The van der Waals surface area contributed by atoms with E-state index in [-0.39, 0.29) is 11.5 Å². The van der Waals surface area contributed by atoms with Gasteiger partial charge < -0.3 is 9.94 Å².